The smallest absolute Gasteiger partial charge is 0.119 e. The first kappa shape index (κ1) is 13.6. The highest BCUT2D eigenvalue weighted by Crippen LogP contribution is 2.16. The molecule has 0 unspecified atom stereocenters. The summed E-state index contributed by atoms with van der Waals surface area (Å²) in [6, 6.07) is 10.1. The van der Waals surface area contributed by atoms with E-state index in [0.29, 0.717) is 6.61 Å². The molecule has 1 aromatic heterocycles. The van der Waals surface area contributed by atoms with Crippen molar-refractivity contribution in [1.82, 2.24) is 0 Å². The molecule has 0 spiro atoms. The van der Waals surface area contributed by atoms with Gasteiger partial charge >= 0.3 is 0 Å². The Bertz CT molecular complexity index is 518. The molecule has 19 heavy (non-hydrogen) atoms. The van der Waals surface area contributed by atoms with Crippen LogP contribution in [0.15, 0.2) is 46.2 Å². The highest BCUT2D eigenvalue weighted by molar-refractivity contribution is 7.07. The minimum atomic E-state index is 0.610. The summed E-state index contributed by atoms with van der Waals surface area (Å²) in [7, 11) is 0. The first-order valence-corrected chi connectivity index (χ1v) is 7.12. The van der Waals surface area contributed by atoms with Crippen molar-refractivity contribution >= 4 is 17.0 Å². The molecular weight excluding hydrogens is 258 g/mol. The zero-order valence-corrected chi connectivity index (χ0v) is 11.7. The zero-order valence-electron chi connectivity index (χ0n) is 10.9. The Morgan fingerprint density at radius 1 is 1.21 bits per heavy atom. The summed E-state index contributed by atoms with van der Waals surface area (Å²) >= 11 is 1.68. The zero-order chi connectivity index (χ0) is 13.5. The van der Waals surface area contributed by atoms with Crippen molar-refractivity contribution in [2.45, 2.75) is 26.4 Å². The molecule has 0 aliphatic rings. The molecule has 1 heterocycles. The first-order valence-electron chi connectivity index (χ1n) is 6.18. The van der Waals surface area contributed by atoms with Gasteiger partial charge in [0.25, 0.3) is 0 Å². The topological polar surface area (TPSA) is 41.8 Å². The normalized spacial score (nSPS) is 11.5. The second kappa shape index (κ2) is 6.95. The fourth-order valence-corrected chi connectivity index (χ4v) is 2.32. The average Bonchev–Trinajstić information content (AvgIpc) is 2.97. The van der Waals surface area contributed by atoms with Crippen molar-refractivity contribution in [1.29, 1.82) is 0 Å². The fraction of sp³-hybridized carbons (Fsp3) is 0.267. The van der Waals surface area contributed by atoms with Crippen molar-refractivity contribution in [3.8, 4) is 5.75 Å². The Kier molecular flexibility index (Phi) is 4.98. The van der Waals surface area contributed by atoms with E-state index in [1.165, 1.54) is 11.1 Å². The summed E-state index contributed by atoms with van der Waals surface area (Å²) in [6.45, 7) is 2.43. The van der Waals surface area contributed by atoms with E-state index < -0.39 is 0 Å². The third-order valence-electron chi connectivity index (χ3n) is 2.86. The summed E-state index contributed by atoms with van der Waals surface area (Å²) in [6.07, 6.45) is 1.65. The lowest BCUT2D eigenvalue weighted by atomic mass is 10.1. The number of hydrogen-bond acceptors (Lipinski definition) is 4. The van der Waals surface area contributed by atoms with Crippen molar-refractivity contribution in [2.24, 2.45) is 5.16 Å². The third kappa shape index (κ3) is 4.41. The number of thiophene rings is 1. The molecule has 3 nitrogen and oxygen atoms in total. The van der Waals surface area contributed by atoms with E-state index in [-0.39, 0.29) is 0 Å². The second-order valence-corrected chi connectivity index (χ2v) is 5.18. The molecule has 4 heteroatoms. The Balaban J connectivity index is 1.84. The first-order chi connectivity index (χ1) is 9.28. The van der Waals surface area contributed by atoms with Gasteiger partial charge in [0, 0.05) is 0 Å². The maximum absolute atomic E-state index is 8.59. The molecule has 0 saturated carbocycles. The quantitative estimate of drug-likeness (QED) is 0.489. The summed E-state index contributed by atoms with van der Waals surface area (Å²) in [5.74, 6) is 0.877. The van der Waals surface area contributed by atoms with Gasteiger partial charge in [-0.05, 0) is 59.9 Å². The van der Waals surface area contributed by atoms with E-state index in [4.69, 9.17) is 9.94 Å². The van der Waals surface area contributed by atoms with Crippen LogP contribution >= 0.6 is 11.3 Å². The van der Waals surface area contributed by atoms with Gasteiger partial charge in [-0.1, -0.05) is 17.3 Å². The van der Waals surface area contributed by atoms with Gasteiger partial charge in [0.1, 0.15) is 12.4 Å². The van der Waals surface area contributed by atoms with Crippen LogP contribution in [-0.2, 0) is 13.0 Å². The number of ether oxygens (including phenoxy) is 1. The number of hydrogen-bond donors (Lipinski definition) is 1. The number of nitrogens with zero attached hydrogens (tertiary/aromatic N) is 1. The van der Waals surface area contributed by atoms with E-state index in [9.17, 15) is 0 Å². The number of rotatable bonds is 6. The molecule has 100 valence electrons. The van der Waals surface area contributed by atoms with Gasteiger partial charge in [0.15, 0.2) is 0 Å². The van der Waals surface area contributed by atoms with Gasteiger partial charge in [0.2, 0.25) is 0 Å². The van der Waals surface area contributed by atoms with E-state index in [1.807, 2.05) is 36.6 Å². The minimum absolute atomic E-state index is 0.610. The van der Waals surface area contributed by atoms with Crippen LogP contribution in [-0.4, -0.2) is 10.9 Å². The van der Waals surface area contributed by atoms with Crippen LogP contribution in [0.3, 0.4) is 0 Å². The maximum atomic E-state index is 8.59. The largest absolute Gasteiger partial charge is 0.489 e. The molecule has 1 N–H and O–H groups in total. The molecule has 0 aliphatic heterocycles. The van der Waals surface area contributed by atoms with Crippen LogP contribution in [0.5, 0.6) is 5.75 Å². The highest BCUT2D eigenvalue weighted by Gasteiger charge is 1.99. The molecule has 0 saturated heterocycles. The maximum Gasteiger partial charge on any atom is 0.119 e. The molecule has 0 aliphatic carbocycles. The third-order valence-corrected chi connectivity index (χ3v) is 3.59. The predicted octanol–water partition coefficient (Wildman–Crippen LogP) is 4.11. The molecule has 0 bridgehead atoms. The molecule has 0 radical (unpaired) electrons. The second-order valence-electron chi connectivity index (χ2n) is 4.40. The number of oxime groups is 1. The van der Waals surface area contributed by atoms with E-state index >= 15 is 0 Å². The van der Waals surface area contributed by atoms with Crippen LogP contribution in [0, 0.1) is 0 Å². The Morgan fingerprint density at radius 3 is 2.63 bits per heavy atom. The average molecular weight is 275 g/mol. The van der Waals surface area contributed by atoms with Gasteiger partial charge in [-0.25, -0.2) is 0 Å². The van der Waals surface area contributed by atoms with Gasteiger partial charge in [0.05, 0.1) is 5.71 Å². The molecule has 0 amide bonds. The van der Waals surface area contributed by atoms with Crippen molar-refractivity contribution in [2.75, 3.05) is 0 Å². The predicted molar refractivity (Wildman–Crippen MR) is 78.3 cm³/mol. The van der Waals surface area contributed by atoms with E-state index in [0.717, 1.165) is 24.3 Å². The number of aryl methyl sites for hydroxylation is 1. The van der Waals surface area contributed by atoms with Gasteiger partial charge in [-0.15, -0.1) is 0 Å². The van der Waals surface area contributed by atoms with E-state index in [2.05, 4.69) is 16.6 Å². The van der Waals surface area contributed by atoms with Gasteiger partial charge < -0.3 is 9.94 Å². The van der Waals surface area contributed by atoms with Crippen LogP contribution in [0.2, 0.25) is 0 Å². The monoisotopic (exact) mass is 275 g/mol. The fourth-order valence-electron chi connectivity index (χ4n) is 1.67. The Labute approximate surface area is 117 Å². The summed E-state index contributed by atoms with van der Waals surface area (Å²) < 4.78 is 5.70. The van der Waals surface area contributed by atoms with Crippen LogP contribution < -0.4 is 4.74 Å². The van der Waals surface area contributed by atoms with Crippen LogP contribution in [0.4, 0.5) is 0 Å². The Morgan fingerprint density at radius 2 is 2.00 bits per heavy atom. The lowest BCUT2D eigenvalue weighted by Crippen LogP contribution is -1.96. The highest BCUT2D eigenvalue weighted by atomic mass is 32.1. The molecule has 1 aromatic carbocycles. The summed E-state index contributed by atoms with van der Waals surface area (Å²) in [4.78, 5) is 0. The lowest BCUT2D eigenvalue weighted by Gasteiger charge is -2.06. The van der Waals surface area contributed by atoms with Gasteiger partial charge in [-0.3, -0.25) is 0 Å². The molecular formula is C15H17NO2S. The molecule has 0 atom stereocenters. The molecule has 2 aromatic rings. The SMILES string of the molecule is C/C(CCc1ccc(OCc2ccsc2)cc1)=N\O. The molecule has 0 fully saturated rings. The van der Waals surface area contributed by atoms with E-state index in [1.54, 1.807) is 11.3 Å². The summed E-state index contributed by atoms with van der Waals surface area (Å²) in [5.41, 5.74) is 3.16. The summed E-state index contributed by atoms with van der Waals surface area (Å²) in [5, 5.41) is 15.9. The minimum Gasteiger partial charge on any atom is -0.489 e. The van der Waals surface area contributed by atoms with Gasteiger partial charge in [-0.2, -0.15) is 11.3 Å². The van der Waals surface area contributed by atoms with Crippen molar-refractivity contribution < 1.29 is 9.94 Å². The van der Waals surface area contributed by atoms with Crippen LogP contribution in [0.1, 0.15) is 24.5 Å². The van der Waals surface area contributed by atoms with Crippen molar-refractivity contribution in [3.05, 3.63) is 52.2 Å². The lowest BCUT2D eigenvalue weighted by molar-refractivity contribution is 0.306. The van der Waals surface area contributed by atoms with Crippen molar-refractivity contribution in [3.63, 3.8) is 0 Å². The van der Waals surface area contributed by atoms with Crippen LogP contribution in [0.25, 0.3) is 0 Å². The Hall–Kier alpha value is -1.81. The number of benzene rings is 1. The standard InChI is InChI=1S/C15H17NO2S/c1-12(16-17)2-3-13-4-6-15(7-5-13)18-10-14-8-9-19-11-14/h4-9,11,17H,2-3,10H2,1H3/b16-12+. The molecule has 2 rings (SSSR count).